The smallest absolute Gasteiger partial charge is 0.140 e. The topological polar surface area (TPSA) is 96.8 Å². The van der Waals surface area contributed by atoms with E-state index in [1.807, 2.05) is 12.1 Å². The molecule has 0 spiro atoms. The van der Waals surface area contributed by atoms with Crippen LogP contribution < -0.4 is 4.90 Å². The van der Waals surface area contributed by atoms with Crippen molar-refractivity contribution in [2.75, 3.05) is 18.0 Å². The Kier molecular flexibility index (Phi) is 4.46. The Morgan fingerprint density at radius 3 is 2.44 bits per heavy atom. The van der Waals surface area contributed by atoms with Crippen LogP contribution in [-0.4, -0.2) is 28.2 Å². The van der Waals surface area contributed by atoms with Crippen molar-refractivity contribution < 1.29 is 5.11 Å². The Morgan fingerprint density at radius 2 is 1.94 bits per heavy atom. The highest BCUT2D eigenvalue weighted by molar-refractivity contribution is 6.30. The van der Waals surface area contributed by atoms with Gasteiger partial charge in [0, 0.05) is 0 Å². The normalized spacial score (nSPS) is 9.25. The van der Waals surface area contributed by atoms with Crippen molar-refractivity contribution in [3.8, 4) is 12.1 Å². The first-order valence-corrected chi connectivity index (χ1v) is 4.71. The Labute approximate surface area is 97.3 Å². The molecule has 16 heavy (non-hydrogen) atoms. The van der Waals surface area contributed by atoms with E-state index in [2.05, 4.69) is 9.97 Å². The fourth-order valence-electron chi connectivity index (χ4n) is 1.17. The standard InChI is InChI=1S/C9H8ClN5O/c10-8-7(5-16)9(14-6-13-8)15(3-1-11)4-2-12/h6,16H,3-5H2. The Bertz CT molecular complexity index is 434. The van der Waals surface area contributed by atoms with Gasteiger partial charge >= 0.3 is 0 Å². The van der Waals surface area contributed by atoms with Crippen molar-refractivity contribution in [1.29, 1.82) is 10.5 Å². The van der Waals surface area contributed by atoms with E-state index in [1.54, 1.807) is 0 Å². The molecule has 0 aliphatic rings. The van der Waals surface area contributed by atoms with Crippen molar-refractivity contribution in [1.82, 2.24) is 9.97 Å². The number of nitriles is 2. The number of halogens is 1. The molecule has 0 aliphatic carbocycles. The quantitative estimate of drug-likeness (QED) is 0.604. The van der Waals surface area contributed by atoms with Crippen LogP contribution in [0, 0.1) is 22.7 Å². The van der Waals surface area contributed by atoms with Crippen LogP contribution in [0.1, 0.15) is 5.56 Å². The summed E-state index contributed by atoms with van der Waals surface area (Å²) in [7, 11) is 0. The molecule has 0 bridgehead atoms. The monoisotopic (exact) mass is 237 g/mol. The molecule has 7 heteroatoms. The molecule has 1 heterocycles. The molecule has 1 aromatic rings. The van der Waals surface area contributed by atoms with Crippen LogP contribution in [-0.2, 0) is 6.61 Å². The summed E-state index contributed by atoms with van der Waals surface area (Å²) >= 11 is 5.77. The highest BCUT2D eigenvalue weighted by Gasteiger charge is 2.15. The van der Waals surface area contributed by atoms with Gasteiger partial charge in [0.25, 0.3) is 0 Å². The molecule has 1 rings (SSSR count). The predicted octanol–water partition coefficient (Wildman–Crippen LogP) is 0.476. The van der Waals surface area contributed by atoms with Crippen LogP contribution in [0.5, 0.6) is 0 Å². The van der Waals surface area contributed by atoms with Gasteiger partial charge in [-0.25, -0.2) is 9.97 Å². The van der Waals surface area contributed by atoms with E-state index < -0.39 is 0 Å². The SMILES string of the molecule is N#CCN(CC#N)c1ncnc(Cl)c1CO. The average molecular weight is 238 g/mol. The van der Waals surface area contributed by atoms with Gasteiger partial charge in [0.05, 0.1) is 24.3 Å². The predicted molar refractivity (Wildman–Crippen MR) is 56.4 cm³/mol. The zero-order chi connectivity index (χ0) is 12.0. The summed E-state index contributed by atoms with van der Waals surface area (Å²) in [5.41, 5.74) is 0.315. The highest BCUT2D eigenvalue weighted by Crippen LogP contribution is 2.22. The molecule has 0 fully saturated rings. The van der Waals surface area contributed by atoms with Gasteiger partial charge in [-0.2, -0.15) is 10.5 Å². The lowest BCUT2D eigenvalue weighted by atomic mass is 10.3. The van der Waals surface area contributed by atoms with Gasteiger partial charge in [-0.05, 0) is 0 Å². The zero-order valence-electron chi connectivity index (χ0n) is 8.26. The maximum absolute atomic E-state index is 9.13. The van der Waals surface area contributed by atoms with Gasteiger partial charge < -0.3 is 10.0 Å². The summed E-state index contributed by atoms with van der Waals surface area (Å²) in [4.78, 5) is 9.05. The Hall–Kier alpha value is -1.89. The third-order valence-corrected chi connectivity index (χ3v) is 2.18. The van der Waals surface area contributed by atoms with E-state index in [0.717, 1.165) is 0 Å². The molecule has 6 nitrogen and oxygen atoms in total. The van der Waals surface area contributed by atoms with Gasteiger partial charge in [-0.15, -0.1) is 0 Å². The number of aliphatic hydroxyl groups is 1. The van der Waals surface area contributed by atoms with Crippen molar-refractivity contribution >= 4 is 17.4 Å². The van der Waals surface area contributed by atoms with Crippen molar-refractivity contribution in [3.63, 3.8) is 0 Å². The summed E-state index contributed by atoms with van der Waals surface area (Å²) in [5.74, 6) is 0.311. The maximum atomic E-state index is 9.13. The molecule has 0 saturated carbocycles. The second-order valence-corrected chi connectivity index (χ2v) is 3.16. The van der Waals surface area contributed by atoms with Gasteiger partial charge in [-0.1, -0.05) is 11.6 Å². The molecule has 1 aromatic heterocycles. The first-order chi connectivity index (χ1) is 7.74. The van der Waals surface area contributed by atoms with Crippen molar-refractivity contribution in [3.05, 3.63) is 17.0 Å². The second-order valence-electron chi connectivity index (χ2n) is 2.80. The molecule has 0 aromatic carbocycles. The minimum atomic E-state index is -0.345. The molecular formula is C9H8ClN5O. The van der Waals surface area contributed by atoms with Crippen LogP contribution in [0.15, 0.2) is 6.33 Å². The maximum Gasteiger partial charge on any atom is 0.140 e. The summed E-state index contributed by atoms with van der Waals surface area (Å²) in [5, 5.41) is 26.5. The minimum Gasteiger partial charge on any atom is -0.391 e. The molecule has 0 amide bonds. The lowest BCUT2D eigenvalue weighted by molar-refractivity contribution is 0.281. The van der Waals surface area contributed by atoms with Crippen LogP contribution in [0.25, 0.3) is 0 Å². The van der Waals surface area contributed by atoms with E-state index >= 15 is 0 Å². The summed E-state index contributed by atoms with van der Waals surface area (Å²) < 4.78 is 0. The Balaban J connectivity index is 3.14. The lowest BCUT2D eigenvalue weighted by Gasteiger charge is -2.19. The molecule has 0 atom stereocenters. The largest absolute Gasteiger partial charge is 0.391 e. The highest BCUT2D eigenvalue weighted by atomic mass is 35.5. The number of aromatic nitrogens is 2. The molecule has 0 saturated heterocycles. The number of rotatable bonds is 4. The number of aliphatic hydroxyl groups excluding tert-OH is 1. The fourth-order valence-corrected chi connectivity index (χ4v) is 1.36. The first-order valence-electron chi connectivity index (χ1n) is 4.33. The molecule has 0 unspecified atom stereocenters. The van der Waals surface area contributed by atoms with Gasteiger partial charge in [0.2, 0.25) is 0 Å². The molecular weight excluding hydrogens is 230 g/mol. The lowest BCUT2D eigenvalue weighted by Crippen LogP contribution is -2.26. The molecule has 0 aliphatic heterocycles. The number of hydrogen-bond acceptors (Lipinski definition) is 6. The summed E-state index contributed by atoms with van der Waals surface area (Å²) in [6.07, 6.45) is 1.22. The summed E-state index contributed by atoms with van der Waals surface area (Å²) in [6.45, 7) is -0.357. The van der Waals surface area contributed by atoms with Crippen LogP contribution in [0.3, 0.4) is 0 Å². The molecule has 0 radical (unpaired) electrons. The van der Waals surface area contributed by atoms with E-state index in [9.17, 15) is 0 Å². The Morgan fingerprint density at radius 1 is 1.31 bits per heavy atom. The molecule has 1 N–H and O–H groups in total. The van der Waals surface area contributed by atoms with Gasteiger partial charge in [0.1, 0.15) is 30.4 Å². The van der Waals surface area contributed by atoms with Crippen molar-refractivity contribution in [2.45, 2.75) is 6.61 Å². The van der Waals surface area contributed by atoms with Crippen molar-refractivity contribution in [2.24, 2.45) is 0 Å². The first kappa shape index (κ1) is 12.2. The minimum absolute atomic E-state index is 0.00605. The van der Waals surface area contributed by atoms with E-state index in [-0.39, 0.29) is 24.8 Å². The van der Waals surface area contributed by atoms with Gasteiger partial charge in [0.15, 0.2) is 0 Å². The average Bonchev–Trinajstić information content (AvgIpc) is 2.28. The van der Waals surface area contributed by atoms with E-state index in [4.69, 9.17) is 27.2 Å². The second kappa shape index (κ2) is 5.86. The number of anilines is 1. The van der Waals surface area contributed by atoms with Crippen LogP contribution in [0.4, 0.5) is 5.82 Å². The zero-order valence-corrected chi connectivity index (χ0v) is 9.02. The van der Waals surface area contributed by atoms with Gasteiger partial charge in [-0.3, -0.25) is 0 Å². The third-order valence-electron chi connectivity index (χ3n) is 1.85. The third kappa shape index (κ3) is 2.57. The van der Waals surface area contributed by atoms with E-state index in [1.165, 1.54) is 11.2 Å². The van der Waals surface area contributed by atoms with E-state index in [0.29, 0.717) is 11.4 Å². The van der Waals surface area contributed by atoms with Crippen LogP contribution >= 0.6 is 11.6 Å². The van der Waals surface area contributed by atoms with Crippen LogP contribution in [0.2, 0.25) is 5.15 Å². The summed E-state index contributed by atoms with van der Waals surface area (Å²) in [6, 6.07) is 3.82. The molecule has 82 valence electrons. The fraction of sp³-hybridized carbons (Fsp3) is 0.333. The number of hydrogen-bond donors (Lipinski definition) is 1. The number of nitrogens with zero attached hydrogens (tertiary/aromatic N) is 5.